The summed E-state index contributed by atoms with van der Waals surface area (Å²) in [4.78, 5) is 37.9. The van der Waals surface area contributed by atoms with Crippen molar-refractivity contribution in [2.24, 2.45) is 11.3 Å². The molecular formula is C26H26N2O5. The third-order valence-electron chi connectivity index (χ3n) is 7.19. The zero-order chi connectivity index (χ0) is 23.2. The standard InChI is InChI=1S/C26H26N2O5/c1-16(23(29)28-13-17-12-26(17,15-28)24(30)31)10-11-27-25(32)33-14-22-20-8-4-2-6-18(20)19-7-3-5-9-21(19)22/h2-10,17,22H,11-15H2,1H3,(H,27,32)(H,30,31)/b16-10+. The molecule has 3 aliphatic rings. The molecule has 33 heavy (non-hydrogen) atoms. The minimum absolute atomic E-state index is 0.00911. The van der Waals surface area contributed by atoms with Gasteiger partial charge in [0, 0.05) is 31.1 Å². The van der Waals surface area contributed by atoms with Crippen LogP contribution in [0, 0.1) is 11.3 Å². The molecule has 5 rings (SSSR count). The van der Waals surface area contributed by atoms with Gasteiger partial charge in [-0.2, -0.15) is 0 Å². The van der Waals surface area contributed by atoms with Gasteiger partial charge >= 0.3 is 12.1 Å². The van der Waals surface area contributed by atoms with Gasteiger partial charge in [-0.1, -0.05) is 54.6 Å². The Morgan fingerprint density at radius 1 is 1.12 bits per heavy atom. The van der Waals surface area contributed by atoms with E-state index in [-0.39, 0.29) is 37.4 Å². The van der Waals surface area contributed by atoms with Gasteiger partial charge in [0.2, 0.25) is 5.91 Å². The first-order chi connectivity index (χ1) is 15.9. The lowest BCUT2D eigenvalue weighted by Gasteiger charge is -2.20. The van der Waals surface area contributed by atoms with Crippen LogP contribution in [0.4, 0.5) is 4.79 Å². The molecule has 170 valence electrons. The summed E-state index contributed by atoms with van der Waals surface area (Å²) in [5.41, 5.74) is 4.38. The van der Waals surface area contributed by atoms with E-state index in [9.17, 15) is 19.5 Å². The molecular weight excluding hydrogens is 420 g/mol. The van der Waals surface area contributed by atoms with Crippen molar-refractivity contribution in [2.75, 3.05) is 26.2 Å². The van der Waals surface area contributed by atoms with Gasteiger partial charge < -0.3 is 20.1 Å². The van der Waals surface area contributed by atoms with Crippen molar-refractivity contribution in [1.82, 2.24) is 10.2 Å². The number of carbonyl (C=O) groups excluding carboxylic acids is 2. The van der Waals surface area contributed by atoms with Gasteiger partial charge in [0.05, 0.1) is 5.41 Å². The number of ether oxygens (including phenoxy) is 1. The van der Waals surface area contributed by atoms with E-state index < -0.39 is 17.5 Å². The number of likely N-dealkylation sites (tertiary alicyclic amines) is 1. The van der Waals surface area contributed by atoms with Crippen LogP contribution in [0.3, 0.4) is 0 Å². The number of alkyl carbamates (subject to hydrolysis) is 1. The smallest absolute Gasteiger partial charge is 0.407 e. The van der Waals surface area contributed by atoms with Gasteiger partial charge in [-0.25, -0.2) is 4.79 Å². The van der Waals surface area contributed by atoms with Gasteiger partial charge in [-0.3, -0.25) is 9.59 Å². The number of carbonyl (C=O) groups is 3. The van der Waals surface area contributed by atoms with E-state index in [1.807, 2.05) is 24.3 Å². The van der Waals surface area contributed by atoms with Crippen LogP contribution in [0.2, 0.25) is 0 Å². The molecule has 1 aliphatic heterocycles. The summed E-state index contributed by atoms with van der Waals surface area (Å²) in [6.45, 7) is 2.82. The second-order valence-corrected chi connectivity index (χ2v) is 9.14. The number of nitrogens with zero attached hydrogens (tertiary/aromatic N) is 1. The number of carboxylic acids is 1. The van der Waals surface area contributed by atoms with Gasteiger partial charge in [-0.05, 0) is 41.5 Å². The summed E-state index contributed by atoms with van der Waals surface area (Å²) in [5, 5.41) is 12.1. The molecule has 2 aliphatic carbocycles. The second kappa shape index (κ2) is 8.06. The lowest BCUT2D eigenvalue weighted by molar-refractivity contribution is -0.143. The summed E-state index contributed by atoms with van der Waals surface area (Å²) in [7, 11) is 0. The van der Waals surface area contributed by atoms with Crippen LogP contribution in [-0.2, 0) is 14.3 Å². The first-order valence-electron chi connectivity index (χ1n) is 11.2. The normalized spacial score (nSPS) is 22.9. The minimum Gasteiger partial charge on any atom is -0.481 e. The molecule has 2 aromatic carbocycles. The Hall–Kier alpha value is -3.61. The largest absolute Gasteiger partial charge is 0.481 e. The highest BCUT2D eigenvalue weighted by Gasteiger charge is 2.66. The average molecular weight is 447 g/mol. The van der Waals surface area contributed by atoms with Crippen molar-refractivity contribution in [3.8, 4) is 11.1 Å². The van der Waals surface area contributed by atoms with Gasteiger partial charge in [0.25, 0.3) is 0 Å². The van der Waals surface area contributed by atoms with E-state index in [1.54, 1.807) is 17.9 Å². The maximum absolute atomic E-state index is 12.6. The zero-order valence-electron chi connectivity index (χ0n) is 18.4. The number of carboxylic acid groups (broad SMARTS) is 1. The number of rotatable bonds is 6. The summed E-state index contributed by atoms with van der Waals surface area (Å²) < 4.78 is 5.50. The molecule has 2 amide bonds. The van der Waals surface area contributed by atoms with E-state index >= 15 is 0 Å². The molecule has 7 heteroatoms. The molecule has 0 spiro atoms. The molecule has 1 saturated heterocycles. The van der Waals surface area contributed by atoms with E-state index in [0.717, 1.165) is 11.1 Å². The molecule has 2 aromatic rings. The van der Waals surface area contributed by atoms with Crippen molar-refractivity contribution in [3.05, 3.63) is 71.3 Å². The number of hydrogen-bond acceptors (Lipinski definition) is 4. The van der Waals surface area contributed by atoms with Crippen LogP contribution in [0.25, 0.3) is 11.1 Å². The summed E-state index contributed by atoms with van der Waals surface area (Å²) in [6.07, 6.45) is 1.75. The Morgan fingerprint density at radius 2 is 1.76 bits per heavy atom. The molecule has 7 nitrogen and oxygen atoms in total. The minimum atomic E-state index is -0.818. The molecule has 1 saturated carbocycles. The molecule has 0 bridgehead atoms. The molecule has 1 heterocycles. The number of piperidine rings is 1. The number of aliphatic carboxylic acids is 1. The van der Waals surface area contributed by atoms with Crippen LogP contribution < -0.4 is 5.32 Å². The van der Waals surface area contributed by atoms with Crippen LogP contribution in [0.5, 0.6) is 0 Å². The SMILES string of the molecule is C/C(=C\CNC(=O)OCC1c2ccccc2-c2ccccc21)C(=O)N1CC2CC2(C(=O)O)C1. The molecule has 2 fully saturated rings. The molecule has 2 atom stereocenters. The molecule has 2 unspecified atom stereocenters. The fraction of sp³-hybridized carbons (Fsp3) is 0.346. The molecule has 2 N–H and O–H groups in total. The number of fused-ring (bicyclic) bond motifs is 4. The van der Waals surface area contributed by atoms with Crippen LogP contribution in [0.15, 0.2) is 60.2 Å². The topological polar surface area (TPSA) is 95.9 Å². The van der Waals surface area contributed by atoms with Crippen molar-refractivity contribution < 1.29 is 24.2 Å². The van der Waals surface area contributed by atoms with Crippen molar-refractivity contribution in [1.29, 1.82) is 0 Å². The molecule has 0 aromatic heterocycles. The van der Waals surface area contributed by atoms with Crippen LogP contribution in [-0.4, -0.2) is 54.2 Å². The number of amides is 2. The van der Waals surface area contributed by atoms with Crippen molar-refractivity contribution in [3.63, 3.8) is 0 Å². The number of benzene rings is 2. The Balaban J connectivity index is 1.13. The van der Waals surface area contributed by atoms with Crippen molar-refractivity contribution in [2.45, 2.75) is 19.3 Å². The molecule has 0 radical (unpaired) electrons. The fourth-order valence-electron chi connectivity index (χ4n) is 5.24. The van der Waals surface area contributed by atoms with E-state index in [4.69, 9.17) is 4.74 Å². The second-order valence-electron chi connectivity index (χ2n) is 9.14. The third kappa shape index (κ3) is 3.67. The Bertz CT molecular complexity index is 1130. The highest BCUT2D eigenvalue weighted by atomic mass is 16.5. The Kier molecular flexibility index (Phi) is 5.19. The first kappa shape index (κ1) is 21.2. The quantitative estimate of drug-likeness (QED) is 0.663. The van der Waals surface area contributed by atoms with Crippen LogP contribution >= 0.6 is 0 Å². The Morgan fingerprint density at radius 3 is 2.36 bits per heavy atom. The highest BCUT2D eigenvalue weighted by molar-refractivity contribution is 5.94. The predicted molar refractivity (Wildman–Crippen MR) is 122 cm³/mol. The maximum Gasteiger partial charge on any atom is 0.407 e. The summed E-state index contributed by atoms with van der Waals surface area (Å²) in [5.74, 6) is -0.950. The van der Waals surface area contributed by atoms with Gasteiger partial charge in [0.15, 0.2) is 0 Å². The number of nitrogens with one attached hydrogen (secondary N) is 1. The van der Waals surface area contributed by atoms with Gasteiger partial charge in [0.1, 0.15) is 6.61 Å². The monoisotopic (exact) mass is 446 g/mol. The van der Waals surface area contributed by atoms with Crippen LogP contribution in [0.1, 0.15) is 30.4 Å². The van der Waals surface area contributed by atoms with Gasteiger partial charge in [-0.15, -0.1) is 0 Å². The highest BCUT2D eigenvalue weighted by Crippen LogP contribution is 2.58. The summed E-state index contributed by atoms with van der Waals surface area (Å²) in [6, 6.07) is 16.3. The summed E-state index contributed by atoms with van der Waals surface area (Å²) >= 11 is 0. The number of hydrogen-bond donors (Lipinski definition) is 2. The van der Waals surface area contributed by atoms with Crippen molar-refractivity contribution >= 4 is 18.0 Å². The lowest BCUT2D eigenvalue weighted by atomic mass is 9.98. The van der Waals surface area contributed by atoms with E-state index in [2.05, 4.69) is 29.6 Å². The zero-order valence-corrected chi connectivity index (χ0v) is 18.4. The van der Waals surface area contributed by atoms with E-state index in [0.29, 0.717) is 18.5 Å². The predicted octanol–water partition coefficient (Wildman–Crippen LogP) is 3.40. The fourth-order valence-corrected chi connectivity index (χ4v) is 5.24. The third-order valence-corrected chi connectivity index (χ3v) is 7.19. The van der Waals surface area contributed by atoms with E-state index in [1.165, 1.54) is 11.1 Å². The Labute approximate surface area is 192 Å². The maximum atomic E-state index is 12.6. The average Bonchev–Trinajstić information content (AvgIpc) is 3.25. The lowest BCUT2D eigenvalue weighted by Crippen LogP contribution is -2.34. The first-order valence-corrected chi connectivity index (χ1v) is 11.2.